The maximum Gasteiger partial charge on any atom is 0.0950 e. The van der Waals surface area contributed by atoms with Crippen LogP contribution in [0.2, 0.25) is 0 Å². The molecule has 3 rings (SSSR count). The molecule has 3 nitrogen and oxygen atoms in total. The molecular weight excluding hydrogens is 178 g/mol. The molecule has 0 bridgehead atoms. The zero-order valence-corrected chi connectivity index (χ0v) is 8.56. The van der Waals surface area contributed by atoms with Crippen molar-refractivity contribution < 1.29 is 9.84 Å². The first-order chi connectivity index (χ1) is 6.84. The number of rotatable bonds is 1. The highest BCUT2D eigenvalue weighted by Crippen LogP contribution is 2.39. The van der Waals surface area contributed by atoms with Gasteiger partial charge in [0.15, 0.2) is 0 Å². The fourth-order valence-electron chi connectivity index (χ4n) is 3.42. The number of aliphatic hydroxyl groups is 1. The second kappa shape index (κ2) is 3.47. The predicted octanol–water partition coefficient (Wildman–Crippen LogP) is 0.478. The lowest BCUT2D eigenvalue weighted by Crippen LogP contribution is -2.42. The smallest absolute Gasteiger partial charge is 0.0950 e. The second-order valence-corrected chi connectivity index (χ2v) is 5.08. The second-order valence-electron chi connectivity index (χ2n) is 5.08. The van der Waals surface area contributed by atoms with Gasteiger partial charge in [-0.25, -0.2) is 0 Å². The lowest BCUT2D eigenvalue weighted by atomic mass is 10.0. The van der Waals surface area contributed by atoms with Crippen molar-refractivity contribution in [2.45, 2.75) is 31.4 Å². The van der Waals surface area contributed by atoms with Crippen molar-refractivity contribution in [3.05, 3.63) is 0 Å². The van der Waals surface area contributed by atoms with E-state index in [9.17, 15) is 5.11 Å². The highest BCUT2D eigenvalue weighted by atomic mass is 16.5. The standard InChI is InChI=1S/C11H19NO2/c13-11-7-14-6-10(11)12-4-8-2-1-3-9(8)5-12/h8-11,13H,1-7H2. The minimum atomic E-state index is -0.242. The summed E-state index contributed by atoms with van der Waals surface area (Å²) in [5.74, 6) is 1.84. The van der Waals surface area contributed by atoms with E-state index in [0.29, 0.717) is 12.6 Å². The Labute approximate surface area is 85.0 Å². The van der Waals surface area contributed by atoms with Gasteiger partial charge in [-0.05, 0) is 24.7 Å². The molecule has 1 saturated carbocycles. The molecule has 0 aromatic heterocycles. The highest BCUT2D eigenvalue weighted by Gasteiger charge is 2.42. The first kappa shape index (κ1) is 9.13. The number of nitrogens with zero attached hydrogens (tertiary/aromatic N) is 1. The zero-order valence-electron chi connectivity index (χ0n) is 8.56. The summed E-state index contributed by atoms with van der Waals surface area (Å²) in [5.41, 5.74) is 0. The normalized spacial score (nSPS) is 48.6. The number of hydrogen-bond donors (Lipinski definition) is 1. The minimum absolute atomic E-state index is 0.242. The maximum atomic E-state index is 9.75. The van der Waals surface area contributed by atoms with Gasteiger partial charge in [-0.3, -0.25) is 4.90 Å². The van der Waals surface area contributed by atoms with Crippen molar-refractivity contribution in [1.82, 2.24) is 4.90 Å². The Hall–Kier alpha value is -0.120. The third-order valence-corrected chi connectivity index (χ3v) is 4.24. The summed E-state index contributed by atoms with van der Waals surface area (Å²) in [6, 6.07) is 0.292. The fraction of sp³-hybridized carbons (Fsp3) is 1.00. The highest BCUT2D eigenvalue weighted by molar-refractivity contribution is 4.94. The van der Waals surface area contributed by atoms with Crippen LogP contribution in [0.25, 0.3) is 0 Å². The van der Waals surface area contributed by atoms with Crippen LogP contribution in [0.4, 0.5) is 0 Å². The van der Waals surface area contributed by atoms with E-state index >= 15 is 0 Å². The lowest BCUT2D eigenvalue weighted by Gasteiger charge is -2.25. The van der Waals surface area contributed by atoms with E-state index < -0.39 is 0 Å². The van der Waals surface area contributed by atoms with Crippen LogP contribution in [0, 0.1) is 11.8 Å². The first-order valence-electron chi connectivity index (χ1n) is 5.84. The molecule has 80 valence electrons. The summed E-state index contributed by atoms with van der Waals surface area (Å²) < 4.78 is 5.31. The average molecular weight is 197 g/mol. The SMILES string of the molecule is OC1COCC1N1CC2CCCC2C1. The van der Waals surface area contributed by atoms with Crippen molar-refractivity contribution in [3.8, 4) is 0 Å². The minimum Gasteiger partial charge on any atom is -0.389 e. The van der Waals surface area contributed by atoms with E-state index in [-0.39, 0.29) is 6.10 Å². The third-order valence-electron chi connectivity index (χ3n) is 4.24. The van der Waals surface area contributed by atoms with Gasteiger partial charge in [-0.1, -0.05) is 6.42 Å². The average Bonchev–Trinajstić information content (AvgIpc) is 2.75. The molecule has 2 aliphatic heterocycles. The van der Waals surface area contributed by atoms with Crippen molar-refractivity contribution in [3.63, 3.8) is 0 Å². The quantitative estimate of drug-likeness (QED) is 0.663. The summed E-state index contributed by atoms with van der Waals surface area (Å²) in [7, 11) is 0. The van der Waals surface area contributed by atoms with Crippen LogP contribution in [0.15, 0.2) is 0 Å². The Bertz CT molecular complexity index is 209. The Morgan fingerprint density at radius 2 is 1.79 bits per heavy atom. The summed E-state index contributed by atoms with van der Waals surface area (Å²) in [6.07, 6.45) is 4.00. The molecule has 2 saturated heterocycles. The van der Waals surface area contributed by atoms with Gasteiger partial charge in [0.1, 0.15) is 0 Å². The first-order valence-corrected chi connectivity index (χ1v) is 5.84. The zero-order chi connectivity index (χ0) is 9.54. The van der Waals surface area contributed by atoms with Crippen LogP contribution in [-0.2, 0) is 4.74 Å². The van der Waals surface area contributed by atoms with Gasteiger partial charge >= 0.3 is 0 Å². The van der Waals surface area contributed by atoms with Crippen LogP contribution in [0.1, 0.15) is 19.3 Å². The maximum absolute atomic E-state index is 9.75. The van der Waals surface area contributed by atoms with E-state index in [0.717, 1.165) is 18.4 Å². The van der Waals surface area contributed by atoms with Crippen molar-refractivity contribution >= 4 is 0 Å². The number of aliphatic hydroxyl groups excluding tert-OH is 1. The number of fused-ring (bicyclic) bond motifs is 1. The summed E-state index contributed by atoms with van der Waals surface area (Å²) in [4.78, 5) is 2.46. The molecule has 2 heterocycles. The van der Waals surface area contributed by atoms with Crippen molar-refractivity contribution in [2.24, 2.45) is 11.8 Å². The van der Waals surface area contributed by atoms with Crippen LogP contribution in [0.3, 0.4) is 0 Å². The Morgan fingerprint density at radius 3 is 2.36 bits per heavy atom. The molecule has 1 aliphatic carbocycles. The largest absolute Gasteiger partial charge is 0.389 e. The Kier molecular flexibility index (Phi) is 2.26. The van der Waals surface area contributed by atoms with Crippen molar-refractivity contribution in [2.75, 3.05) is 26.3 Å². The van der Waals surface area contributed by atoms with Gasteiger partial charge in [-0.2, -0.15) is 0 Å². The predicted molar refractivity (Wildman–Crippen MR) is 53.0 cm³/mol. The summed E-state index contributed by atoms with van der Waals surface area (Å²) in [6.45, 7) is 3.68. The third kappa shape index (κ3) is 1.38. The lowest BCUT2D eigenvalue weighted by molar-refractivity contribution is 0.0908. The molecule has 0 amide bonds. The molecule has 4 unspecified atom stereocenters. The molecule has 4 atom stereocenters. The van der Waals surface area contributed by atoms with Crippen LogP contribution < -0.4 is 0 Å². The molecule has 14 heavy (non-hydrogen) atoms. The van der Waals surface area contributed by atoms with E-state index in [2.05, 4.69) is 4.90 Å². The van der Waals surface area contributed by atoms with E-state index in [1.54, 1.807) is 0 Å². The summed E-state index contributed by atoms with van der Waals surface area (Å²) >= 11 is 0. The molecule has 0 aromatic carbocycles. The van der Waals surface area contributed by atoms with Gasteiger partial charge in [0, 0.05) is 13.1 Å². The van der Waals surface area contributed by atoms with Gasteiger partial charge in [0.05, 0.1) is 25.4 Å². The molecule has 1 N–H and O–H groups in total. The molecule has 3 aliphatic rings. The monoisotopic (exact) mass is 197 g/mol. The van der Waals surface area contributed by atoms with E-state index in [1.165, 1.54) is 32.4 Å². The van der Waals surface area contributed by atoms with Gasteiger partial charge in [0.2, 0.25) is 0 Å². The van der Waals surface area contributed by atoms with Gasteiger partial charge in [-0.15, -0.1) is 0 Å². The Balaban J connectivity index is 1.65. The van der Waals surface area contributed by atoms with Gasteiger partial charge in [0.25, 0.3) is 0 Å². The van der Waals surface area contributed by atoms with Gasteiger partial charge < -0.3 is 9.84 Å². The molecular formula is C11H19NO2. The number of likely N-dealkylation sites (tertiary alicyclic amines) is 1. The van der Waals surface area contributed by atoms with E-state index in [4.69, 9.17) is 4.74 Å². The van der Waals surface area contributed by atoms with Crippen molar-refractivity contribution in [1.29, 1.82) is 0 Å². The van der Waals surface area contributed by atoms with E-state index in [1.807, 2.05) is 0 Å². The molecule has 0 aromatic rings. The van der Waals surface area contributed by atoms with Crippen LogP contribution >= 0.6 is 0 Å². The van der Waals surface area contributed by atoms with Crippen LogP contribution in [0.5, 0.6) is 0 Å². The number of ether oxygens (including phenoxy) is 1. The molecule has 0 spiro atoms. The molecule has 3 fully saturated rings. The molecule has 3 heteroatoms. The van der Waals surface area contributed by atoms with Crippen LogP contribution in [-0.4, -0.2) is 48.5 Å². The summed E-state index contributed by atoms with van der Waals surface area (Å²) in [5, 5.41) is 9.75. The fourth-order valence-corrected chi connectivity index (χ4v) is 3.42. The topological polar surface area (TPSA) is 32.7 Å². The Morgan fingerprint density at radius 1 is 1.07 bits per heavy atom. The molecule has 0 radical (unpaired) electrons. The number of hydrogen-bond acceptors (Lipinski definition) is 3.